The average Bonchev–Trinajstić information content (AvgIpc) is 2.81. The van der Waals surface area contributed by atoms with Crippen LogP contribution in [0.5, 0.6) is 5.75 Å². The summed E-state index contributed by atoms with van der Waals surface area (Å²) in [6.07, 6.45) is -1.09. The third kappa shape index (κ3) is 6.19. The van der Waals surface area contributed by atoms with Gasteiger partial charge in [0, 0.05) is 5.69 Å². The van der Waals surface area contributed by atoms with Crippen molar-refractivity contribution in [2.24, 2.45) is 0 Å². The normalized spacial score (nSPS) is 11.9. The van der Waals surface area contributed by atoms with Gasteiger partial charge in [-0.3, -0.25) is 9.52 Å². The summed E-state index contributed by atoms with van der Waals surface area (Å²) in [5.41, 5.74) is 0.788. The summed E-state index contributed by atoms with van der Waals surface area (Å²) in [7, 11) is -2.45. The van der Waals surface area contributed by atoms with Crippen LogP contribution in [0.15, 0.2) is 71.6 Å². The van der Waals surface area contributed by atoms with Gasteiger partial charge >= 0.3 is 5.97 Å². The van der Waals surface area contributed by atoms with Crippen molar-refractivity contribution < 1.29 is 27.5 Å². The standard InChI is InChI=1S/C23H20Cl2N2O6S/c1-14(22(28)26-20-5-3-4-6-21(20)32-2)33-23(29)15-7-9-16(10-8-15)27-34(30,31)17-11-12-18(24)19(25)13-17/h3-14,27H,1-2H3,(H,26,28)/t14-/m1/s1. The molecular weight excluding hydrogens is 503 g/mol. The van der Waals surface area contributed by atoms with E-state index < -0.39 is 28.0 Å². The maximum atomic E-state index is 12.5. The molecule has 3 aromatic carbocycles. The zero-order chi connectivity index (χ0) is 24.9. The number of methoxy groups -OCH3 is 1. The highest BCUT2D eigenvalue weighted by Crippen LogP contribution is 2.26. The monoisotopic (exact) mass is 522 g/mol. The Morgan fingerprint density at radius 3 is 2.26 bits per heavy atom. The third-order valence-corrected chi connectivity index (χ3v) is 6.71. The number of anilines is 2. The van der Waals surface area contributed by atoms with Gasteiger partial charge in [0.2, 0.25) is 0 Å². The van der Waals surface area contributed by atoms with Gasteiger partial charge in [0.1, 0.15) is 5.75 Å². The van der Waals surface area contributed by atoms with Crippen LogP contribution in [0, 0.1) is 0 Å². The van der Waals surface area contributed by atoms with E-state index in [1.807, 2.05) is 0 Å². The second-order valence-electron chi connectivity index (χ2n) is 7.00. The van der Waals surface area contributed by atoms with E-state index in [2.05, 4.69) is 10.0 Å². The van der Waals surface area contributed by atoms with E-state index in [1.165, 1.54) is 56.5 Å². The molecule has 1 amide bonds. The quantitative estimate of drug-likeness (QED) is 0.403. The number of para-hydroxylation sites is 2. The predicted octanol–water partition coefficient (Wildman–Crippen LogP) is 4.99. The molecule has 0 aliphatic carbocycles. The molecule has 34 heavy (non-hydrogen) atoms. The summed E-state index contributed by atoms with van der Waals surface area (Å²) in [5, 5.41) is 2.97. The van der Waals surface area contributed by atoms with Crippen LogP contribution in [-0.4, -0.2) is 33.5 Å². The summed E-state index contributed by atoms with van der Waals surface area (Å²) in [4.78, 5) is 24.8. The minimum absolute atomic E-state index is 0.0692. The molecule has 0 spiro atoms. The van der Waals surface area contributed by atoms with E-state index in [1.54, 1.807) is 24.3 Å². The molecule has 0 heterocycles. The van der Waals surface area contributed by atoms with Crippen molar-refractivity contribution in [1.82, 2.24) is 0 Å². The number of halogens is 2. The topological polar surface area (TPSA) is 111 Å². The molecule has 11 heteroatoms. The Balaban J connectivity index is 1.63. The number of esters is 1. The molecule has 178 valence electrons. The molecule has 1 atom stereocenters. The van der Waals surface area contributed by atoms with Crippen LogP contribution in [0.25, 0.3) is 0 Å². The molecule has 0 saturated heterocycles. The number of hydrogen-bond donors (Lipinski definition) is 2. The van der Waals surface area contributed by atoms with Gasteiger partial charge in [0.05, 0.1) is 33.3 Å². The highest BCUT2D eigenvalue weighted by Gasteiger charge is 2.21. The second kappa shape index (κ2) is 10.8. The van der Waals surface area contributed by atoms with Gasteiger partial charge in [-0.1, -0.05) is 35.3 Å². The van der Waals surface area contributed by atoms with Crippen LogP contribution < -0.4 is 14.8 Å². The molecular formula is C23H20Cl2N2O6S. The maximum Gasteiger partial charge on any atom is 0.338 e. The number of sulfonamides is 1. The van der Waals surface area contributed by atoms with E-state index >= 15 is 0 Å². The van der Waals surface area contributed by atoms with Crippen LogP contribution in [0.3, 0.4) is 0 Å². The lowest BCUT2D eigenvalue weighted by Crippen LogP contribution is -2.30. The predicted molar refractivity (Wildman–Crippen MR) is 130 cm³/mol. The Morgan fingerprint density at radius 2 is 1.62 bits per heavy atom. The van der Waals surface area contributed by atoms with Crippen molar-refractivity contribution in [3.8, 4) is 5.75 Å². The van der Waals surface area contributed by atoms with Crippen LogP contribution in [0.1, 0.15) is 17.3 Å². The maximum absolute atomic E-state index is 12.5. The first-order chi connectivity index (χ1) is 16.1. The summed E-state index contributed by atoms with van der Waals surface area (Å²) >= 11 is 11.7. The second-order valence-corrected chi connectivity index (χ2v) is 9.49. The molecule has 3 aromatic rings. The van der Waals surface area contributed by atoms with Gasteiger partial charge in [-0.25, -0.2) is 13.2 Å². The summed E-state index contributed by atoms with van der Waals surface area (Å²) < 4.78 is 37.9. The highest BCUT2D eigenvalue weighted by molar-refractivity contribution is 7.92. The lowest BCUT2D eigenvalue weighted by molar-refractivity contribution is -0.123. The molecule has 0 aromatic heterocycles. The summed E-state index contributed by atoms with van der Waals surface area (Å²) in [6.45, 7) is 1.43. The first-order valence-corrected chi connectivity index (χ1v) is 12.1. The van der Waals surface area contributed by atoms with Crippen molar-refractivity contribution in [2.45, 2.75) is 17.9 Å². The fourth-order valence-electron chi connectivity index (χ4n) is 2.80. The molecule has 0 radical (unpaired) electrons. The zero-order valence-corrected chi connectivity index (χ0v) is 20.4. The van der Waals surface area contributed by atoms with Gasteiger partial charge in [-0.05, 0) is 61.5 Å². The lowest BCUT2D eigenvalue weighted by atomic mass is 10.2. The number of ether oxygens (including phenoxy) is 2. The van der Waals surface area contributed by atoms with E-state index in [4.69, 9.17) is 32.7 Å². The largest absolute Gasteiger partial charge is 0.495 e. The van der Waals surface area contributed by atoms with Crippen LogP contribution in [0.2, 0.25) is 10.0 Å². The number of amides is 1. The number of rotatable bonds is 8. The third-order valence-electron chi connectivity index (χ3n) is 4.59. The molecule has 0 aliphatic rings. The molecule has 0 fully saturated rings. The van der Waals surface area contributed by atoms with Crippen LogP contribution >= 0.6 is 23.2 Å². The number of nitrogens with one attached hydrogen (secondary N) is 2. The van der Waals surface area contributed by atoms with Gasteiger partial charge in [0.15, 0.2) is 6.10 Å². The zero-order valence-electron chi connectivity index (χ0n) is 18.0. The summed E-state index contributed by atoms with van der Waals surface area (Å²) in [5.74, 6) is -0.821. The number of benzene rings is 3. The molecule has 8 nitrogen and oxygen atoms in total. The minimum atomic E-state index is -3.92. The van der Waals surface area contributed by atoms with E-state index in [9.17, 15) is 18.0 Å². The lowest BCUT2D eigenvalue weighted by Gasteiger charge is -2.15. The molecule has 3 rings (SSSR count). The Hall–Kier alpha value is -3.27. The first-order valence-electron chi connectivity index (χ1n) is 9.83. The van der Waals surface area contributed by atoms with Gasteiger partial charge in [-0.2, -0.15) is 0 Å². The fraction of sp³-hybridized carbons (Fsp3) is 0.130. The fourth-order valence-corrected chi connectivity index (χ4v) is 4.24. The molecule has 2 N–H and O–H groups in total. The Bertz CT molecular complexity index is 1310. The first kappa shape index (κ1) is 25.4. The van der Waals surface area contributed by atoms with Gasteiger partial charge in [0.25, 0.3) is 15.9 Å². The molecule has 0 bridgehead atoms. The number of hydrogen-bond acceptors (Lipinski definition) is 6. The van der Waals surface area contributed by atoms with Crippen molar-refractivity contribution in [3.63, 3.8) is 0 Å². The van der Waals surface area contributed by atoms with Gasteiger partial charge in [-0.15, -0.1) is 0 Å². The van der Waals surface area contributed by atoms with E-state index in [0.717, 1.165) is 0 Å². The smallest absolute Gasteiger partial charge is 0.338 e. The Labute approximate surface area is 206 Å². The number of carbonyl (C=O) groups excluding carboxylic acids is 2. The minimum Gasteiger partial charge on any atom is -0.495 e. The highest BCUT2D eigenvalue weighted by atomic mass is 35.5. The van der Waals surface area contributed by atoms with Crippen molar-refractivity contribution in [1.29, 1.82) is 0 Å². The van der Waals surface area contributed by atoms with Gasteiger partial charge < -0.3 is 14.8 Å². The molecule has 0 unspecified atom stereocenters. The molecule has 0 aliphatic heterocycles. The van der Waals surface area contributed by atoms with Crippen molar-refractivity contribution >= 4 is 56.5 Å². The average molecular weight is 523 g/mol. The Morgan fingerprint density at radius 1 is 0.941 bits per heavy atom. The number of carbonyl (C=O) groups is 2. The van der Waals surface area contributed by atoms with E-state index in [0.29, 0.717) is 11.4 Å². The Kier molecular flexibility index (Phi) is 8.03. The SMILES string of the molecule is COc1ccccc1NC(=O)[C@@H](C)OC(=O)c1ccc(NS(=O)(=O)c2ccc(Cl)c(Cl)c2)cc1. The molecule has 0 saturated carbocycles. The van der Waals surface area contributed by atoms with Crippen molar-refractivity contribution in [3.05, 3.63) is 82.3 Å². The summed E-state index contributed by atoms with van der Waals surface area (Å²) in [6, 6.07) is 16.3. The van der Waals surface area contributed by atoms with Crippen LogP contribution in [-0.2, 0) is 19.6 Å². The van der Waals surface area contributed by atoms with E-state index in [-0.39, 0.29) is 26.2 Å². The van der Waals surface area contributed by atoms with Crippen molar-refractivity contribution in [2.75, 3.05) is 17.1 Å². The van der Waals surface area contributed by atoms with Crippen LogP contribution in [0.4, 0.5) is 11.4 Å².